The fourth-order valence-corrected chi connectivity index (χ4v) is 1.52. The number of carbonyl (C=O) groups is 2. The molecule has 0 saturated heterocycles. The highest BCUT2D eigenvalue weighted by molar-refractivity contribution is 5.77. The van der Waals surface area contributed by atoms with Crippen molar-refractivity contribution in [3.8, 4) is 0 Å². The van der Waals surface area contributed by atoms with E-state index in [0.717, 1.165) is 6.42 Å². The van der Waals surface area contributed by atoms with Crippen molar-refractivity contribution < 1.29 is 9.59 Å². The summed E-state index contributed by atoms with van der Waals surface area (Å²) in [6.07, 6.45) is 1.92. The third kappa shape index (κ3) is 13.2. The van der Waals surface area contributed by atoms with Crippen LogP contribution in [0, 0.1) is 10.8 Å². The molecular weight excluding hydrogens is 240 g/mol. The van der Waals surface area contributed by atoms with Gasteiger partial charge in [-0.3, -0.25) is 9.59 Å². The topological polar surface area (TPSA) is 58.2 Å². The largest absolute Gasteiger partial charge is 0.354 e. The summed E-state index contributed by atoms with van der Waals surface area (Å²) in [5, 5.41) is 5.63. The molecule has 0 aliphatic rings. The van der Waals surface area contributed by atoms with Gasteiger partial charge >= 0.3 is 0 Å². The van der Waals surface area contributed by atoms with Crippen LogP contribution in [0.25, 0.3) is 0 Å². The summed E-state index contributed by atoms with van der Waals surface area (Å²) in [5.41, 5.74) is 0.179. The second kappa shape index (κ2) is 7.51. The van der Waals surface area contributed by atoms with Crippen LogP contribution in [0.15, 0.2) is 0 Å². The Hall–Kier alpha value is -1.06. The molecule has 0 bridgehead atoms. The Morgan fingerprint density at radius 2 is 1.26 bits per heavy atom. The molecule has 0 spiro atoms. The molecule has 0 fully saturated rings. The van der Waals surface area contributed by atoms with Crippen molar-refractivity contribution in [1.82, 2.24) is 10.6 Å². The van der Waals surface area contributed by atoms with E-state index in [0.29, 0.717) is 25.9 Å². The number of rotatable bonds is 6. The van der Waals surface area contributed by atoms with Crippen LogP contribution in [0.2, 0.25) is 0 Å². The monoisotopic (exact) mass is 270 g/mol. The van der Waals surface area contributed by atoms with Crippen molar-refractivity contribution in [3.63, 3.8) is 0 Å². The highest BCUT2D eigenvalue weighted by atomic mass is 16.2. The molecule has 0 aliphatic heterocycles. The van der Waals surface area contributed by atoms with E-state index >= 15 is 0 Å². The summed E-state index contributed by atoms with van der Waals surface area (Å²) in [5.74, 6) is 0.0939. The van der Waals surface area contributed by atoms with Gasteiger partial charge in [-0.15, -0.1) is 0 Å². The van der Waals surface area contributed by atoms with Crippen molar-refractivity contribution in [1.29, 1.82) is 0 Å². The molecule has 112 valence electrons. The van der Waals surface area contributed by atoms with E-state index < -0.39 is 0 Å². The van der Waals surface area contributed by atoms with Gasteiger partial charge in [-0.1, -0.05) is 41.5 Å². The normalized spacial score (nSPS) is 12.1. The average molecular weight is 270 g/mol. The van der Waals surface area contributed by atoms with E-state index in [1.165, 1.54) is 0 Å². The fourth-order valence-electron chi connectivity index (χ4n) is 1.52. The van der Waals surface area contributed by atoms with E-state index in [-0.39, 0.29) is 22.6 Å². The Morgan fingerprint density at radius 1 is 0.789 bits per heavy atom. The maximum atomic E-state index is 11.5. The summed E-state index contributed by atoms with van der Waals surface area (Å²) in [6, 6.07) is 0. The first-order chi connectivity index (χ1) is 8.49. The summed E-state index contributed by atoms with van der Waals surface area (Å²) in [6.45, 7) is 13.4. The van der Waals surface area contributed by atoms with Gasteiger partial charge in [0.25, 0.3) is 0 Å². The van der Waals surface area contributed by atoms with Crippen molar-refractivity contribution >= 4 is 11.8 Å². The summed E-state index contributed by atoms with van der Waals surface area (Å²) < 4.78 is 0. The quantitative estimate of drug-likeness (QED) is 0.728. The molecule has 0 radical (unpaired) electrons. The van der Waals surface area contributed by atoms with Gasteiger partial charge in [-0.05, 0) is 17.3 Å². The van der Waals surface area contributed by atoms with Gasteiger partial charge in [0.05, 0.1) is 0 Å². The molecule has 0 heterocycles. The standard InChI is InChI=1S/C15H30N2O2/c1-14(2,3)8-7-12(18)16-9-10-17-13(19)11-15(4,5)6/h7-11H2,1-6H3,(H,16,18)(H,17,19). The predicted octanol–water partition coefficient (Wildman–Crippen LogP) is 2.48. The molecule has 4 heteroatoms. The summed E-state index contributed by atoms with van der Waals surface area (Å²) >= 11 is 0. The molecule has 0 aromatic heterocycles. The van der Waals surface area contributed by atoms with Crippen LogP contribution < -0.4 is 10.6 Å². The maximum absolute atomic E-state index is 11.5. The van der Waals surface area contributed by atoms with Gasteiger partial charge in [-0.2, -0.15) is 0 Å². The van der Waals surface area contributed by atoms with E-state index in [9.17, 15) is 9.59 Å². The van der Waals surface area contributed by atoms with Crippen molar-refractivity contribution in [2.75, 3.05) is 13.1 Å². The second-order valence-corrected chi connectivity index (χ2v) is 7.50. The maximum Gasteiger partial charge on any atom is 0.220 e. The lowest BCUT2D eigenvalue weighted by atomic mass is 9.90. The molecule has 0 saturated carbocycles. The average Bonchev–Trinajstić information content (AvgIpc) is 2.18. The molecule has 0 rings (SSSR count). The molecule has 0 unspecified atom stereocenters. The zero-order valence-corrected chi connectivity index (χ0v) is 13.4. The van der Waals surface area contributed by atoms with Crippen LogP contribution in [-0.4, -0.2) is 24.9 Å². The van der Waals surface area contributed by atoms with Crippen LogP contribution in [-0.2, 0) is 9.59 Å². The third-order valence-electron chi connectivity index (χ3n) is 2.56. The van der Waals surface area contributed by atoms with Gasteiger partial charge in [0.2, 0.25) is 11.8 Å². The minimum absolute atomic E-state index is 0.0000396. The first-order valence-corrected chi connectivity index (χ1v) is 7.03. The van der Waals surface area contributed by atoms with Gasteiger partial charge in [0.15, 0.2) is 0 Å². The number of hydrogen-bond acceptors (Lipinski definition) is 2. The zero-order valence-electron chi connectivity index (χ0n) is 13.4. The number of amides is 2. The first kappa shape index (κ1) is 17.9. The van der Waals surface area contributed by atoms with E-state index in [1.807, 2.05) is 20.8 Å². The van der Waals surface area contributed by atoms with E-state index in [1.54, 1.807) is 0 Å². The second-order valence-electron chi connectivity index (χ2n) is 7.50. The Bertz CT molecular complexity index is 298. The molecule has 0 aliphatic carbocycles. The van der Waals surface area contributed by atoms with Crippen LogP contribution in [0.1, 0.15) is 60.8 Å². The molecule has 0 aromatic rings. The lowest BCUT2D eigenvalue weighted by Gasteiger charge is -2.18. The molecular formula is C15H30N2O2. The van der Waals surface area contributed by atoms with Crippen LogP contribution in [0.4, 0.5) is 0 Å². The van der Waals surface area contributed by atoms with Crippen LogP contribution in [0.3, 0.4) is 0 Å². The lowest BCUT2D eigenvalue weighted by molar-refractivity contribution is -0.124. The lowest BCUT2D eigenvalue weighted by Crippen LogP contribution is -2.36. The SMILES string of the molecule is CC(C)(C)CCC(=O)NCCNC(=O)CC(C)(C)C. The fraction of sp³-hybridized carbons (Fsp3) is 0.867. The molecule has 2 N–H and O–H groups in total. The van der Waals surface area contributed by atoms with Crippen LogP contribution in [0.5, 0.6) is 0 Å². The Kier molecular flexibility index (Phi) is 7.09. The zero-order chi connectivity index (χ0) is 15.1. The van der Waals surface area contributed by atoms with Gasteiger partial charge in [0, 0.05) is 25.9 Å². The van der Waals surface area contributed by atoms with Crippen molar-refractivity contribution in [2.45, 2.75) is 60.8 Å². The molecule has 0 aromatic carbocycles. The summed E-state index contributed by atoms with van der Waals surface area (Å²) in [4.78, 5) is 23.1. The van der Waals surface area contributed by atoms with E-state index in [4.69, 9.17) is 0 Å². The predicted molar refractivity (Wildman–Crippen MR) is 78.8 cm³/mol. The minimum atomic E-state index is 0.0000396. The van der Waals surface area contributed by atoms with Crippen molar-refractivity contribution in [2.24, 2.45) is 10.8 Å². The Labute approximate surface area is 117 Å². The number of hydrogen-bond donors (Lipinski definition) is 2. The highest BCUT2D eigenvalue weighted by Crippen LogP contribution is 2.20. The minimum Gasteiger partial charge on any atom is -0.354 e. The molecule has 0 atom stereocenters. The Balaban J connectivity index is 3.64. The molecule has 2 amide bonds. The van der Waals surface area contributed by atoms with Gasteiger partial charge in [-0.25, -0.2) is 0 Å². The first-order valence-electron chi connectivity index (χ1n) is 7.03. The molecule has 4 nitrogen and oxygen atoms in total. The number of carbonyl (C=O) groups excluding carboxylic acids is 2. The van der Waals surface area contributed by atoms with Gasteiger partial charge in [0.1, 0.15) is 0 Å². The molecule has 19 heavy (non-hydrogen) atoms. The number of nitrogens with one attached hydrogen (secondary N) is 2. The Morgan fingerprint density at radius 3 is 1.68 bits per heavy atom. The smallest absolute Gasteiger partial charge is 0.220 e. The third-order valence-corrected chi connectivity index (χ3v) is 2.56. The summed E-state index contributed by atoms with van der Waals surface area (Å²) in [7, 11) is 0. The van der Waals surface area contributed by atoms with E-state index in [2.05, 4.69) is 31.4 Å². The highest BCUT2D eigenvalue weighted by Gasteiger charge is 2.15. The van der Waals surface area contributed by atoms with Crippen LogP contribution >= 0.6 is 0 Å². The van der Waals surface area contributed by atoms with Gasteiger partial charge < -0.3 is 10.6 Å². The van der Waals surface area contributed by atoms with Crippen molar-refractivity contribution in [3.05, 3.63) is 0 Å².